The molecule has 2 aliphatic rings. The molecule has 1 N–H and O–H groups in total. The molecule has 1 fully saturated rings. The number of hydrogen-bond acceptors (Lipinski definition) is 2. The van der Waals surface area contributed by atoms with Crippen LogP contribution >= 0.6 is 11.6 Å². The second-order valence-electron chi connectivity index (χ2n) is 4.85. The maximum absolute atomic E-state index is 6.16. The fraction of sp³-hybridized carbons (Fsp3) is 0.538. The molecule has 1 aliphatic carbocycles. The van der Waals surface area contributed by atoms with Crippen molar-refractivity contribution >= 4 is 11.6 Å². The van der Waals surface area contributed by atoms with Crippen molar-refractivity contribution in [2.75, 3.05) is 20.2 Å². The first-order valence-corrected chi connectivity index (χ1v) is 6.21. The minimum Gasteiger partial charge on any atom is -0.495 e. The third kappa shape index (κ3) is 1.36. The van der Waals surface area contributed by atoms with Gasteiger partial charge in [-0.25, -0.2) is 0 Å². The first-order chi connectivity index (χ1) is 7.75. The van der Waals surface area contributed by atoms with Crippen LogP contribution < -0.4 is 10.1 Å². The van der Waals surface area contributed by atoms with Crippen molar-refractivity contribution in [2.24, 2.45) is 0 Å². The summed E-state index contributed by atoms with van der Waals surface area (Å²) in [5.41, 5.74) is 3.22. The molecule has 0 amide bonds. The van der Waals surface area contributed by atoms with Gasteiger partial charge in [0.25, 0.3) is 0 Å². The standard InChI is InChI=1S/C13H16ClNO/c1-16-12-7-10-9(6-11(12)14)2-3-13(10)4-5-15-8-13/h6-7,15H,2-5,8H2,1H3/t13-/m1/s1. The van der Waals surface area contributed by atoms with E-state index in [-0.39, 0.29) is 0 Å². The molecule has 1 aromatic carbocycles. The molecule has 1 atom stereocenters. The smallest absolute Gasteiger partial charge is 0.137 e. The highest BCUT2D eigenvalue weighted by atomic mass is 35.5. The first-order valence-electron chi connectivity index (χ1n) is 5.83. The molecule has 1 aliphatic heterocycles. The number of halogens is 1. The molecule has 1 aromatic rings. The maximum Gasteiger partial charge on any atom is 0.137 e. The highest BCUT2D eigenvalue weighted by Crippen LogP contribution is 2.46. The Morgan fingerprint density at radius 1 is 1.38 bits per heavy atom. The van der Waals surface area contributed by atoms with E-state index in [4.69, 9.17) is 16.3 Å². The topological polar surface area (TPSA) is 21.3 Å². The van der Waals surface area contributed by atoms with Crippen LogP contribution in [-0.4, -0.2) is 20.2 Å². The van der Waals surface area contributed by atoms with E-state index in [2.05, 4.69) is 17.4 Å². The van der Waals surface area contributed by atoms with Gasteiger partial charge >= 0.3 is 0 Å². The van der Waals surface area contributed by atoms with Gasteiger partial charge in [0.15, 0.2) is 0 Å². The number of methoxy groups -OCH3 is 1. The Bertz CT molecular complexity index is 424. The number of hydrogen-bond donors (Lipinski definition) is 1. The molecule has 0 bridgehead atoms. The molecule has 1 saturated heterocycles. The zero-order chi connectivity index (χ0) is 11.2. The largest absolute Gasteiger partial charge is 0.495 e. The predicted octanol–water partition coefficient (Wildman–Crippen LogP) is 2.53. The number of benzene rings is 1. The quantitative estimate of drug-likeness (QED) is 0.811. The molecule has 0 unspecified atom stereocenters. The van der Waals surface area contributed by atoms with Gasteiger partial charge in [0, 0.05) is 12.0 Å². The lowest BCUT2D eigenvalue weighted by atomic mass is 9.81. The van der Waals surface area contributed by atoms with Crippen LogP contribution in [0.2, 0.25) is 5.02 Å². The van der Waals surface area contributed by atoms with Gasteiger partial charge in [-0.15, -0.1) is 0 Å². The molecular weight excluding hydrogens is 222 g/mol. The normalized spacial score (nSPS) is 27.4. The SMILES string of the molecule is COc1cc2c(cc1Cl)CC[C@]21CCNC1. The van der Waals surface area contributed by atoms with Crippen molar-refractivity contribution in [2.45, 2.75) is 24.7 Å². The zero-order valence-corrected chi connectivity index (χ0v) is 10.2. The number of ether oxygens (including phenoxy) is 1. The second-order valence-corrected chi connectivity index (χ2v) is 5.26. The Morgan fingerprint density at radius 3 is 2.94 bits per heavy atom. The minimum absolute atomic E-state index is 0.354. The van der Waals surface area contributed by atoms with Gasteiger partial charge in [-0.05, 0) is 49.1 Å². The molecule has 3 rings (SSSR count). The Morgan fingerprint density at radius 2 is 2.25 bits per heavy atom. The van der Waals surface area contributed by atoms with Crippen LogP contribution in [0.3, 0.4) is 0 Å². The fourth-order valence-corrected chi connectivity index (χ4v) is 3.41. The number of fused-ring (bicyclic) bond motifs is 2. The molecule has 86 valence electrons. The van der Waals surface area contributed by atoms with E-state index in [1.165, 1.54) is 24.0 Å². The summed E-state index contributed by atoms with van der Waals surface area (Å²) in [6.45, 7) is 2.23. The summed E-state index contributed by atoms with van der Waals surface area (Å²) in [5.74, 6) is 0.814. The Labute approximate surface area is 101 Å². The summed E-state index contributed by atoms with van der Waals surface area (Å²) in [6.07, 6.45) is 3.64. The van der Waals surface area contributed by atoms with Crippen molar-refractivity contribution in [1.29, 1.82) is 0 Å². The number of aryl methyl sites for hydroxylation is 1. The van der Waals surface area contributed by atoms with Crippen LogP contribution in [0.25, 0.3) is 0 Å². The summed E-state index contributed by atoms with van der Waals surface area (Å²) in [7, 11) is 1.68. The average Bonchev–Trinajstić information content (AvgIpc) is 2.88. The van der Waals surface area contributed by atoms with Gasteiger partial charge in [-0.1, -0.05) is 11.6 Å². The molecular formula is C13H16ClNO. The number of rotatable bonds is 1. The molecule has 0 radical (unpaired) electrons. The van der Waals surface area contributed by atoms with Crippen molar-refractivity contribution in [3.05, 3.63) is 28.3 Å². The van der Waals surface area contributed by atoms with E-state index in [1.807, 2.05) is 0 Å². The van der Waals surface area contributed by atoms with Gasteiger partial charge in [0.2, 0.25) is 0 Å². The molecule has 0 aromatic heterocycles. The fourth-order valence-electron chi connectivity index (χ4n) is 3.15. The summed E-state index contributed by atoms with van der Waals surface area (Å²) in [4.78, 5) is 0. The molecule has 1 spiro atoms. The maximum atomic E-state index is 6.16. The van der Waals surface area contributed by atoms with Gasteiger partial charge < -0.3 is 10.1 Å². The number of nitrogens with one attached hydrogen (secondary N) is 1. The Balaban J connectivity index is 2.11. The lowest BCUT2D eigenvalue weighted by Gasteiger charge is -2.23. The zero-order valence-electron chi connectivity index (χ0n) is 9.48. The third-order valence-corrected chi connectivity index (χ3v) is 4.36. The second kappa shape index (κ2) is 3.64. The summed E-state index contributed by atoms with van der Waals surface area (Å²) in [5, 5.41) is 4.21. The van der Waals surface area contributed by atoms with E-state index >= 15 is 0 Å². The highest BCUT2D eigenvalue weighted by molar-refractivity contribution is 6.32. The molecule has 1 heterocycles. The van der Waals surface area contributed by atoms with E-state index in [9.17, 15) is 0 Å². The predicted molar refractivity (Wildman–Crippen MR) is 65.5 cm³/mol. The van der Waals surface area contributed by atoms with E-state index in [1.54, 1.807) is 7.11 Å². The first kappa shape index (κ1) is 10.4. The summed E-state index contributed by atoms with van der Waals surface area (Å²) < 4.78 is 5.32. The van der Waals surface area contributed by atoms with Crippen molar-refractivity contribution < 1.29 is 4.74 Å². The van der Waals surface area contributed by atoms with Crippen LogP contribution in [0.15, 0.2) is 12.1 Å². The van der Waals surface area contributed by atoms with Crippen LogP contribution in [0.5, 0.6) is 5.75 Å². The van der Waals surface area contributed by atoms with E-state index in [0.29, 0.717) is 5.41 Å². The van der Waals surface area contributed by atoms with Crippen molar-refractivity contribution in [3.8, 4) is 5.75 Å². The van der Waals surface area contributed by atoms with Crippen LogP contribution in [0.4, 0.5) is 0 Å². The van der Waals surface area contributed by atoms with Crippen LogP contribution in [0, 0.1) is 0 Å². The average molecular weight is 238 g/mol. The highest BCUT2D eigenvalue weighted by Gasteiger charge is 2.41. The monoisotopic (exact) mass is 237 g/mol. The van der Waals surface area contributed by atoms with Gasteiger partial charge in [0.1, 0.15) is 5.75 Å². The van der Waals surface area contributed by atoms with E-state index < -0.39 is 0 Å². The molecule has 2 nitrogen and oxygen atoms in total. The van der Waals surface area contributed by atoms with Gasteiger partial charge in [0.05, 0.1) is 12.1 Å². The lowest BCUT2D eigenvalue weighted by molar-refractivity contribution is 0.411. The summed E-state index contributed by atoms with van der Waals surface area (Å²) in [6, 6.07) is 4.24. The third-order valence-electron chi connectivity index (χ3n) is 4.07. The lowest BCUT2D eigenvalue weighted by Crippen LogP contribution is -2.25. The summed E-state index contributed by atoms with van der Waals surface area (Å²) >= 11 is 6.16. The molecule has 0 saturated carbocycles. The van der Waals surface area contributed by atoms with Crippen molar-refractivity contribution in [1.82, 2.24) is 5.32 Å². The van der Waals surface area contributed by atoms with Gasteiger partial charge in [-0.2, -0.15) is 0 Å². The minimum atomic E-state index is 0.354. The molecule has 16 heavy (non-hydrogen) atoms. The Kier molecular flexibility index (Phi) is 2.37. The van der Waals surface area contributed by atoms with Crippen LogP contribution in [0.1, 0.15) is 24.0 Å². The van der Waals surface area contributed by atoms with Crippen molar-refractivity contribution in [3.63, 3.8) is 0 Å². The van der Waals surface area contributed by atoms with Gasteiger partial charge in [-0.3, -0.25) is 0 Å². The molecule has 3 heteroatoms. The van der Waals surface area contributed by atoms with Crippen LogP contribution in [-0.2, 0) is 11.8 Å². The Hall–Kier alpha value is -0.730. The van der Waals surface area contributed by atoms with E-state index in [0.717, 1.165) is 30.3 Å².